The number of nitrogens with zero attached hydrogens (tertiary/aromatic N) is 4. The molecule has 41 heavy (non-hydrogen) atoms. The van der Waals surface area contributed by atoms with Crippen molar-refractivity contribution in [1.29, 1.82) is 0 Å². The fourth-order valence-corrected chi connectivity index (χ4v) is 8.24. The van der Waals surface area contributed by atoms with E-state index >= 15 is 0 Å². The SMILES string of the molecule is Cc1cc2c3c(c1)N(C)c1cc4c(cc1B3c1ccccc1N2C)B1c2ccccc2N(C)c2cccc(c21)N4C. The molecule has 0 aromatic heterocycles. The molecule has 4 aliphatic heterocycles. The first kappa shape index (κ1) is 23.2. The van der Waals surface area contributed by atoms with E-state index in [0.717, 1.165) is 0 Å². The summed E-state index contributed by atoms with van der Waals surface area (Å²) in [6.45, 7) is 2.60. The second kappa shape index (κ2) is 7.79. The van der Waals surface area contributed by atoms with Crippen LogP contribution < -0.4 is 52.4 Å². The van der Waals surface area contributed by atoms with E-state index in [1.165, 1.54) is 83.8 Å². The Labute approximate surface area is 242 Å². The van der Waals surface area contributed by atoms with Crippen LogP contribution in [0.2, 0.25) is 0 Å². The second-order valence-electron chi connectivity index (χ2n) is 12.1. The first-order valence-electron chi connectivity index (χ1n) is 14.5. The Bertz CT molecular complexity index is 1970. The average molecular weight is 528 g/mol. The lowest BCUT2D eigenvalue weighted by Gasteiger charge is -2.45. The van der Waals surface area contributed by atoms with Crippen LogP contribution in [-0.4, -0.2) is 41.6 Å². The molecule has 4 nitrogen and oxygen atoms in total. The molecular formula is C35H30B2N4. The number of hydrogen-bond donors (Lipinski definition) is 0. The molecular weight excluding hydrogens is 498 g/mol. The molecule has 0 radical (unpaired) electrons. The molecule has 0 saturated heterocycles. The number of anilines is 8. The first-order valence-corrected chi connectivity index (χ1v) is 14.5. The highest BCUT2D eigenvalue weighted by molar-refractivity contribution is 7.03. The quantitative estimate of drug-likeness (QED) is 0.286. The predicted molar refractivity (Wildman–Crippen MR) is 179 cm³/mol. The smallest absolute Gasteiger partial charge is 0.252 e. The van der Waals surface area contributed by atoms with Crippen molar-refractivity contribution in [3.63, 3.8) is 0 Å². The maximum Gasteiger partial charge on any atom is 0.252 e. The van der Waals surface area contributed by atoms with E-state index in [0.29, 0.717) is 0 Å². The number of para-hydroxylation sites is 2. The highest BCUT2D eigenvalue weighted by Gasteiger charge is 2.45. The average Bonchev–Trinajstić information content (AvgIpc) is 3.00. The van der Waals surface area contributed by atoms with Crippen LogP contribution in [0.1, 0.15) is 5.56 Å². The number of hydrogen-bond acceptors (Lipinski definition) is 4. The Kier molecular flexibility index (Phi) is 4.40. The zero-order valence-electron chi connectivity index (χ0n) is 24.1. The van der Waals surface area contributed by atoms with Crippen molar-refractivity contribution in [2.75, 3.05) is 47.8 Å². The molecule has 0 N–H and O–H groups in total. The Morgan fingerprint density at radius 2 is 0.805 bits per heavy atom. The molecule has 4 heterocycles. The zero-order chi connectivity index (χ0) is 27.7. The lowest BCUT2D eigenvalue weighted by Crippen LogP contribution is -2.65. The molecule has 5 aromatic carbocycles. The number of fused-ring (bicyclic) bond motifs is 8. The van der Waals surface area contributed by atoms with Gasteiger partial charge in [-0.25, -0.2) is 0 Å². The lowest BCUT2D eigenvalue weighted by atomic mass is 9.30. The first-order chi connectivity index (χ1) is 19.9. The van der Waals surface area contributed by atoms with Gasteiger partial charge >= 0.3 is 0 Å². The topological polar surface area (TPSA) is 13.0 Å². The second-order valence-corrected chi connectivity index (χ2v) is 12.1. The minimum Gasteiger partial charge on any atom is -0.345 e. The minimum atomic E-state index is 0.188. The molecule has 0 fully saturated rings. The molecule has 0 spiro atoms. The van der Waals surface area contributed by atoms with Crippen LogP contribution >= 0.6 is 0 Å². The van der Waals surface area contributed by atoms with Gasteiger partial charge in [0.05, 0.1) is 0 Å². The summed E-state index contributed by atoms with van der Waals surface area (Å²) >= 11 is 0. The van der Waals surface area contributed by atoms with Gasteiger partial charge in [-0.05, 0) is 87.7 Å². The van der Waals surface area contributed by atoms with Crippen molar-refractivity contribution in [2.24, 2.45) is 0 Å². The van der Waals surface area contributed by atoms with Crippen LogP contribution in [0.4, 0.5) is 45.5 Å². The van der Waals surface area contributed by atoms with Gasteiger partial charge in [-0.2, -0.15) is 0 Å². The summed E-state index contributed by atoms with van der Waals surface area (Å²) in [5.74, 6) is 0. The van der Waals surface area contributed by atoms with Gasteiger partial charge in [0.15, 0.2) is 0 Å². The summed E-state index contributed by atoms with van der Waals surface area (Å²) in [7, 11) is 8.91. The van der Waals surface area contributed by atoms with Crippen molar-refractivity contribution >= 4 is 91.7 Å². The third-order valence-corrected chi connectivity index (χ3v) is 10.1. The van der Waals surface area contributed by atoms with Crippen LogP contribution in [0, 0.1) is 6.92 Å². The Morgan fingerprint density at radius 1 is 0.390 bits per heavy atom. The number of benzene rings is 5. The van der Waals surface area contributed by atoms with Crippen LogP contribution in [0.15, 0.2) is 91.0 Å². The van der Waals surface area contributed by atoms with E-state index in [2.05, 4.69) is 146 Å². The van der Waals surface area contributed by atoms with Crippen molar-refractivity contribution in [2.45, 2.75) is 6.92 Å². The summed E-state index contributed by atoms with van der Waals surface area (Å²) in [4.78, 5) is 9.61. The van der Waals surface area contributed by atoms with Gasteiger partial charge in [0, 0.05) is 73.7 Å². The van der Waals surface area contributed by atoms with Gasteiger partial charge in [-0.1, -0.05) is 48.5 Å². The Hall–Kier alpha value is -4.57. The summed E-state index contributed by atoms with van der Waals surface area (Å²) in [5, 5.41) is 0. The standard InChI is InChI=1S/C35H30B2N4/c1-21-17-32-35-33(18-21)41(5)31-20-30-24(19-25(31)37(35)23-12-7-9-14-27(23)39(32)3)36-22-11-6-8-13-26(22)38(2)28-15-10-16-29(34(28)36)40(30)4/h6-20H,1-5H3. The van der Waals surface area contributed by atoms with Crippen molar-refractivity contribution in [3.05, 3.63) is 96.6 Å². The van der Waals surface area contributed by atoms with Gasteiger partial charge in [0.25, 0.3) is 13.4 Å². The molecule has 4 aliphatic rings. The van der Waals surface area contributed by atoms with Gasteiger partial charge in [-0.15, -0.1) is 0 Å². The molecule has 9 rings (SSSR count). The molecule has 0 atom stereocenters. The normalized spacial score (nSPS) is 15.1. The third kappa shape index (κ3) is 2.78. The molecule has 5 aromatic rings. The monoisotopic (exact) mass is 528 g/mol. The molecule has 0 saturated carbocycles. The van der Waals surface area contributed by atoms with Crippen molar-refractivity contribution in [1.82, 2.24) is 0 Å². The van der Waals surface area contributed by atoms with E-state index in [1.807, 2.05) is 0 Å². The van der Waals surface area contributed by atoms with E-state index < -0.39 is 0 Å². The highest BCUT2D eigenvalue weighted by atomic mass is 15.2. The molecule has 0 aliphatic carbocycles. The van der Waals surface area contributed by atoms with E-state index in [4.69, 9.17) is 0 Å². The number of rotatable bonds is 0. The minimum absolute atomic E-state index is 0.188. The van der Waals surface area contributed by atoms with Crippen molar-refractivity contribution in [3.8, 4) is 0 Å². The molecule has 0 bridgehead atoms. The lowest BCUT2D eigenvalue weighted by molar-refractivity contribution is 1.16. The highest BCUT2D eigenvalue weighted by Crippen LogP contribution is 2.40. The fourth-order valence-electron chi connectivity index (χ4n) is 8.24. The summed E-state index contributed by atoms with van der Waals surface area (Å²) < 4.78 is 0. The molecule has 196 valence electrons. The third-order valence-electron chi connectivity index (χ3n) is 10.1. The Balaban J connectivity index is 1.37. The van der Waals surface area contributed by atoms with Gasteiger partial charge in [0.2, 0.25) is 0 Å². The molecule has 0 unspecified atom stereocenters. The molecule has 0 amide bonds. The van der Waals surface area contributed by atoms with Gasteiger partial charge in [-0.3, -0.25) is 0 Å². The van der Waals surface area contributed by atoms with Crippen LogP contribution in [0.25, 0.3) is 0 Å². The van der Waals surface area contributed by atoms with Gasteiger partial charge in [0.1, 0.15) is 0 Å². The predicted octanol–water partition coefficient (Wildman–Crippen LogP) is 3.35. The van der Waals surface area contributed by atoms with Crippen LogP contribution in [0.3, 0.4) is 0 Å². The largest absolute Gasteiger partial charge is 0.345 e. The van der Waals surface area contributed by atoms with E-state index in [9.17, 15) is 0 Å². The number of aryl methyl sites for hydroxylation is 1. The van der Waals surface area contributed by atoms with E-state index in [1.54, 1.807) is 0 Å². The molecule has 6 heteroatoms. The van der Waals surface area contributed by atoms with Crippen LogP contribution in [-0.2, 0) is 0 Å². The summed E-state index contributed by atoms with van der Waals surface area (Å²) in [6.07, 6.45) is 0. The van der Waals surface area contributed by atoms with E-state index in [-0.39, 0.29) is 13.4 Å². The summed E-state index contributed by atoms with van der Waals surface area (Å²) in [5.41, 5.74) is 20.1. The fraction of sp³-hybridized carbons (Fsp3) is 0.143. The summed E-state index contributed by atoms with van der Waals surface area (Å²) in [6, 6.07) is 34.5. The Morgan fingerprint density at radius 3 is 1.37 bits per heavy atom. The van der Waals surface area contributed by atoms with Crippen molar-refractivity contribution < 1.29 is 0 Å². The van der Waals surface area contributed by atoms with Gasteiger partial charge < -0.3 is 19.6 Å². The van der Waals surface area contributed by atoms with Crippen LogP contribution in [0.5, 0.6) is 0 Å². The maximum atomic E-state index is 2.56. The maximum absolute atomic E-state index is 2.56. The zero-order valence-corrected chi connectivity index (χ0v) is 24.1.